The standard InChI is InChI=1S/C25H51IN2O/c1-2-3-4-5-6-7-8-9-10-11-12-13-14-15-17-20-23-27-25(29)28-24-21-18-16-19-22-26/h2-24H2,1H3,(H2,27,28,29). The lowest BCUT2D eigenvalue weighted by Gasteiger charge is -2.07. The number of rotatable bonds is 23. The minimum atomic E-state index is 0.0138. The Labute approximate surface area is 196 Å². The predicted octanol–water partition coefficient (Wildman–Crippen LogP) is 8.54. The number of alkyl halides is 1. The summed E-state index contributed by atoms with van der Waals surface area (Å²) in [7, 11) is 0. The van der Waals surface area contributed by atoms with Gasteiger partial charge >= 0.3 is 6.03 Å². The molecule has 0 aliphatic rings. The van der Waals surface area contributed by atoms with Crippen molar-refractivity contribution in [2.24, 2.45) is 0 Å². The fourth-order valence-corrected chi connectivity index (χ4v) is 4.25. The molecular formula is C25H51IN2O. The van der Waals surface area contributed by atoms with Crippen molar-refractivity contribution in [1.29, 1.82) is 0 Å². The number of hydrogen-bond donors (Lipinski definition) is 2. The van der Waals surface area contributed by atoms with Crippen molar-refractivity contribution in [3.05, 3.63) is 0 Å². The number of amides is 2. The molecular weight excluding hydrogens is 471 g/mol. The molecule has 2 N–H and O–H groups in total. The molecule has 0 aliphatic carbocycles. The molecule has 0 saturated carbocycles. The number of nitrogens with one attached hydrogen (secondary N) is 2. The van der Waals surface area contributed by atoms with Crippen LogP contribution in [0, 0.1) is 0 Å². The number of carbonyl (C=O) groups is 1. The van der Waals surface area contributed by atoms with E-state index in [2.05, 4.69) is 40.1 Å². The second kappa shape index (κ2) is 26.0. The van der Waals surface area contributed by atoms with Gasteiger partial charge in [0.2, 0.25) is 0 Å². The maximum absolute atomic E-state index is 11.7. The second-order valence-corrected chi connectivity index (χ2v) is 9.67. The molecule has 0 aromatic carbocycles. The second-order valence-electron chi connectivity index (χ2n) is 8.59. The molecule has 0 saturated heterocycles. The minimum Gasteiger partial charge on any atom is -0.338 e. The van der Waals surface area contributed by atoms with Crippen LogP contribution < -0.4 is 10.6 Å². The van der Waals surface area contributed by atoms with E-state index in [1.54, 1.807) is 0 Å². The Bertz CT molecular complexity index is 326. The summed E-state index contributed by atoms with van der Waals surface area (Å²) >= 11 is 2.42. The van der Waals surface area contributed by atoms with Crippen LogP contribution in [0.1, 0.15) is 135 Å². The third-order valence-electron chi connectivity index (χ3n) is 5.66. The van der Waals surface area contributed by atoms with E-state index in [4.69, 9.17) is 0 Å². The van der Waals surface area contributed by atoms with Crippen molar-refractivity contribution in [2.75, 3.05) is 17.5 Å². The van der Waals surface area contributed by atoms with Gasteiger partial charge in [-0.15, -0.1) is 0 Å². The van der Waals surface area contributed by atoms with Gasteiger partial charge in [-0.1, -0.05) is 139 Å². The van der Waals surface area contributed by atoms with Crippen LogP contribution in [0.15, 0.2) is 0 Å². The van der Waals surface area contributed by atoms with E-state index >= 15 is 0 Å². The van der Waals surface area contributed by atoms with Gasteiger partial charge in [0.1, 0.15) is 0 Å². The molecule has 0 rings (SSSR count). The number of hydrogen-bond acceptors (Lipinski definition) is 1. The zero-order chi connectivity index (χ0) is 21.3. The lowest BCUT2D eigenvalue weighted by molar-refractivity contribution is 0.240. The first-order valence-corrected chi connectivity index (χ1v) is 14.4. The van der Waals surface area contributed by atoms with E-state index in [1.165, 1.54) is 120 Å². The smallest absolute Gasteiger partial charge is 0.314 e. The maximum atomic E-state index is 11.7. The van der Waals surface area contributed by atoms with Crippen molar-refractivity contribution in [2.45, 2.75) is 135 Å². The van der Waals surface area contributed by atoms with Gasteiger partial charge in [-0.3, -0.25) is 0 Å². The van der Waals surface area contributed by atoms with E-state index < -0.39 is 0 Å². The zero-order valence-electron chi connectivity index (χ0n) is 19.5. The highest BCUT2D eigenvalue weighted by atomic mass is 127. The highest BCUT2D eigenvalue weighted by molar-refractivity contribution is 14.1. The Kier molecular flexibility index (Phi) is 26.0. The molecule has 3 nitrogen and oxygen atoms in total. The van der Waals surface area contributed by atoms with Crippen LogP contribution in [-0.4, -0.2) is 23.5 Å². The molecule has 174 valence electrons. The molecule has 0 aromatic heterocycles. The summed E-state index contributed by atoms with van der Waals surface area (Å²) in [5.74, 6) is 0. The summed E-state index contributed by atoms with van der Waals surface area (Å²) in [5, 5.41) is 5.95. The summed E-state index contributed by atoms with van der Waals surface area (Å²) in [4.78, 5) is 11.7. The molecule has 0 unspecified atom stereocenters. The topological polar surface area (TPSA) is 41.1 Å². The normalized spacial score (nSPS) is 11.0. The fourth-order valence-electron chi connectivity index (χ4n) is 3.71. The van der Waals surface area contributed by atoms with Gasteiger partial charge in [-0.25, -0.2) is 4.79 Å². The molecule has 29 heavy (non-hydrogen) atoms. The number of unbranched alkanes of at least 4 members (excludes halogenated alkanes) is 18. The van der Waals surface area contributed by atoms with Crippen LogP contribution in [-0.2, 0) is 0 Å². The first-order valence-electron chi connectivity index (χ1n) is 12.9. The first kappa shape index (κ1) is 29.0. The van der Waals surface area contributed by atoms with E-state index in [-0.39, 0.29) is 6.03 Å². The maximum Gasteiger partial charge on any atom is 0.314 e. The van der Waals surface area contributed by atoms with Crippen LogP contribution >= 0.6 is 22.6 Å². The van der Waals surface area contributed by atoms with Crippen LogP contribution in [0.25, 0.3) is 0 Å². The third-order valence-corrected chi connectivity index (χ3v) is 6.42. The number of urea groups is 1. The Balaban J connectivity index is 3.10. The first-order chi connectivity index (χ1) is 14.3. The van der Waals surface area contributed by atoms with Gasteiger partial charge in [-0.2, -0.15) is 0 Å². The summed E-state index contributed by atoms with van der Waals surface area (Å²) < 4.78 is 1.24. The van der Waals surface area contributed by atoms with Gasteiger partial charge in [-0.05, 0) is 23.7 Å². The van der Waals surface area contributed by atoms with Crippen molar-refractivity contribution < 1.29 is 4.79 Å². The van der Waals surface area contributed by atoms with Crippen molar-refractivity contribution >= 4 is 28.6 Å². The molecule has 0 spiro atoms. The Morgan fingerprint density at radius 2 is 0.828 bits per heavy atom. The fraction of sp³-hybridized carbons (Fsp3) is 0.960. The SMILES string of the molecule is CCCCCCCCCCCCCCCCCCNC(=O)NCCCCCCI. The van der Waals surface area contributed by atoms with Crippen LogP contribution in [0.2, 0.25) is 0 Å². The third kappa shape index (κ3) is 26.0. The van der Waals surface area contributed by atoms with Gasteiger partial charge in [0.05, 0.1) is 0 Å². The molecule has 2 amide bonds. The quantitative estimate of drug-likeness (QED) is 0.0788. The van der Waals surface area contributed by atoms with Crippen LogP contribution in [0.4, 0.5) is 4.79 Å². The summed E-state index contributed by atoms with van der Waals surface area (Å²) in [6.45, 7) is 3.92. The molecule has 4 heteroatoms. The number of halogens is 1. The highest BCUT2D eigenvalue weighted by Crippen LogP contribution is 2.13. The van der Waals surface area contributed by atoms with Gasteiger partial charge in [0.15, 0.2) is 0 Å². The largest absolute Gasteiger partial charge is 0.338 e. The minimum absolute atomic E-state index is 0.0138. The van der Waals surface area contributed by atoms with Gasteiger partial charge in [0, 0.05) is 13.1 Å². The van der Waals surface area contributed by atoms with Gasteiger partial charge in [0.25, 0.3) is 0 Å². The summed E-state index contributed by atoms with van der Waals surface area (Å²) in [6.07, 6.45) is 27.1. The van der Waals surface area contributed by atoms with Gasteiger partial charge < -0.3 is 10.6 Å². The van der Waals surface area contributed by atoms with Crippen LogP contribution in [0.5, 0.6) is 0 Å². The van der Waals surface area contributed by atoms with Crippen molar-refractivity contribution in [3.63, 3.8) is 0 Å². The van der Waals surface area contributed by atoms with Crippen LogP contribution in [0.3, 0.4) is 0 Å². The van der Waals surface area contributed by atoms with E-state index in [0.717, 1.165) is 25.9 Å². The average Bonchev–Trinajstić information content (AvgIpc) is 2.73. The summed E-state index contributed by atoms with van der Waals surface area (Å²) in [6, 6.07) is 0.0138. The van der Waals surface area contributed by atoms with E-state index in [0.29, 0.717) is 0 Å². The van der Waals surface area contributed by atoms with Crippen molar-refractivity contribution in [1.82, 2.24) is 10.6 Å². The molecule has 0 fully saturated rings. The Hall–Kier alpha value is 0. The summed E-state index contributed by atoms with van der Waals surface area (Å²) in [5.41, 5.74) is 0. The molecule has 0 aromatic rings. The monoisotopic (exact) mass is 522 g/mol. The Morgan fingerprint density at radius 3 is 1.17 bits per heavy atom. The lowest BCUT2D eigenvalue weighted by atomic mass is 10.0. The molecule has 0 heterocycles. The molecule has 0 aliphatic heterocycles. The average molecular weight is 523 g/mol. The lowest BCUT2D eigenvalue weighted by Crippen LogP contribution is -2.36. The van der Waals surface area contributed by atoms with Crippen molar-refractivity contribution in [3.8, 4) is 0 Å². The number of carbonyl (C=O) groups excluding carboxylic acids is 1. The molecule has 0 atom stereocenters. The zero-order valence-corrected chi connectivity index (χ0v) is 21.7. The van der Waals surface area contributed by atoms with E-state index in [1.807, 2.05) is 0 Å². The highest BCUT2D eigenvalue weighted by Gasteiger charge is 1.99. The molecule has 0 radical (unpaired) electrons. The molecule has 0 bridgehead atoms. The predicted molar refractivity (Wildman–Crippen MR) is 138 cm³/mol. The van der Waals surface area contributed by atoms with E-state index in [9.17, 15) is 4.79 Å². The Morgan fingerprint density at radius 1 is 0.517 bits per heavy atom.